The highest BCUT2D eigenvalue weighted by atomic mass is 19.5. The predicted octanol–water partition coefficient (Wildman–Crippen LogP) is 19.9. The summed E-state index contributed by atoms with van der Waals surface area (Å²) in [5.41, 5.74) is -5.88. The lowest BCUT2D eigenvalue weighted by atomic mass is 9.80. The third-order valence-corrected chi connectivity index (χ3v) is 18.2. The van der Waals surface area contributed by atoms with E-state index in [4.69, 9.17) is 18.9 Å². The van der Waals surface area contributed by atoms with E-state index in [0.29, 0.717) is 12.1 Å². The molecule has 18 nitrogen and oxygen atoms in total. The summed E-state index contributed by atoms with van der Waals surface area (Å²) in [6.45, 7) is -6.44. The Morgan fingerprint density at radius 3 is 0.764 bits per heavy atom. The van der Waals surface area contributed by atoms with Gasteiger partial charge in [0.15, 0.2) is 11.5 Å². The summed E-state index contributed by atoms with van der Waals surface area (Å²) < 4.78 is 737. The van der Waals surface area contributed by atoms with Crippen LogP contribution < -0.4 is 14.2 Å². The van der Waals surface area contributed by atoms with Gasteiger partial charge in [-0.25, -0.2) is 4.68 Å². The Hall–Kier alpha value is -8.51. The summed E-state index contributed by atoms with van der Waals surface area (Å²) in [7, 11) is 0. The topological polar surface area (TPSA) is 183 Å². The number of nitrogens with zero attached hydrogens (tertiary/aromatic N) is 13. The molecule has 5 heterocycles. The number of hydroxylamine groups is 2. The Kier molecular flexibility index (Phi) is 27.7. The number of aryl methyl sites for hydroxylation is 3. The number of piperidine rings is 1. The van der Waals surface area contributed by atoms with Crippen LogP contribution in [0.15, 0.2) is 36.9 Å². The quantitative estimate of drug-likeness (QED) is 0.0337. The highest BCUT2D eigenvalue weighted by Gasteiger charge is 2.99. The van der Waals surface area contributed by atoms with Gasteiger partial charge in [0.2, 0.25) is 5.75 Å². The second-order valence-electron chi connectivity index (χ2n) is 28.6. The highest BCUT2D eigenvalue weighted by Crippen LogP contribution is 2.69. The number of rotatable bonds is 41. The van der Waals surface area contributed by atoms with Gasteiger partial charge in [-0.15, -0.1) is 30.7 Å². The molecule has 0 aliphatic carbocycles. The molecule has 1 aliphatic heterocycles. The third kappa shape index (κ3) is 17.8. The molecule has 0 saturated carbocycles. The van der Waals surface area contributed by atoms with Crippen LogP contribution in [0, 0.1) is 0 Å². The first kappa shape index (κ1) is 107. The molecule has 1 fully saturated rings. The van der Waals surface area contributed by atoms with Gasteiger partial charge in [-0.3, -0.25) is 14.0 Å². The zero-order valence-corrected chi connectivity index (χ0v) is 61.4. The fourth-order valence-corrected chi connectivity index (χ4v) is 11.1. The number of halogens is 51. The van der Waals surface area contributed by atoms with Crippen LogP contribution in [0.1, 0.15) is 88.1 Å². The van der Waals surface area contributed by atoms with Crippen LogP contribution in [0.25, 0.3) is 0 Å². The maximum Gasteiger partial charge on any atom is 0.460 e. The van der Waals surface area contributed by atoms with Crippen molar-refractivity contribution < 1.29 is 248 Å². The molecule has 1 radical (unpaired) electrons. The first-order chi connectivity index (χ1) is 56.1. The summed E-state index contributed by atoms with van der Waals surface area (Å²) in [6.07, 6.45) is -33.3. The van der Waals surface area contributed by atoms with E-state index < -0.39 is 272 Å². The van der Waals surface area contributed by atoms with Gasteiger partial charge >= 0.3 is 143 Å². The smallest absolute Gasteiger partial charge is 0.460 e. The maximum atomic E-state index is 15.0. The fourth-order valence-electron chi connectivity index (χ4n) is 11.1. The highest BCUT2D eigenvalue weighted by molar-refractivity contribution is 5.54. The van der Waals surface area contributed by atoms with Crippen molar-refractivity contribution in [1.29, 1.82) is 0 Å². The zero-order chi connectivity index (χ0) is 99.0. The van der Waals surface area contributed by atoms with Crippen molar-refractivity contribution in [2.45, 2.75) is 272 Å². The van der Waals surface area contributed by atoms with E-state index in [9.17, 15) is 229 Å². The second kappa shape index (κ2) is 32.8. The van der Waals surface area contributed by atoms with Crippen molar-refractivity contribution in [1.82, 2.24) is 65.0 Å². The molecule has 729 valence electrons. The largest absolute Gasteiger partial charge is 0.483 e. The van der Waals surface area contributed by atoms with Crippen LogP contribution in [0.2, 0.25) is 0 Å². The van der Waals surface area contributed by atoms with Crippen LogP contribution in [0.5, 0.6) is 17.2 Å². The van der Waals surface area contributed by atoms with E-state index in [0.717, 1.165) is 15.9 Å². The standard InChI is InChI=1S/C58H45F51N13O5/c1-33(2)13-29(14-34(3,4)122(33)123)124-20-28-19-121(117-113-28)15-24-11-30(125-21-25-16-118(114-110-25)8-5-35(59,60)38(65,66)41(71,72)44(77,78)47(83,84)50(89,90)53(95,96)56(101,102)103)32(127-23-27-18-120(116-112-27)10-7-37(63,64)40(69,70)43(75,76)46(81,82)49(87,88)52(93,94)55(99,100)58(107,108)109)31(12-24)126-22-26-17-119(115-111-26)9-6-36(61,62)39(67,68)42(73,74)45(79,80)48(85,86)51(91,92)54(97,98)57(104,105)106/h11-12,16-19,29H,5-10,13-15,20-23H2,1-4H3. The summed E-state index contributed by atoms with van der Waals surface area (Å²) in [5, 5.41) is 39.7. The van der Waals surface area contributed by atoms with E-state index in [1.54, 1.807) is 0 Å². The van der Waals surface area contributed by atoms with E-state index in [1.165, 1.54) is 27.7 Å². The fraction of sp³-hybridized carbons (Fsp3) is 0.759. The number of ether oxygens (including phenoxy) is 4. The van der Waals surface area contributed by atoms with Crippen LogP contribution in [0.4, 0.5) is 224 Å². The lowest BCUT2D eigenvalue weighted by Gasteiger charge is -2.49. The molecule has 0 bridgehead atoms. The molecule has 5 aromatic rings. The minimum Gasteiger partial charge on any atom is -0.483 e. The van der Waals surface area contributed by atoms with Crippen molar-refractivity contribution in [3.05, 3.63) is 65.3 Å². The molecule has 0 N–H and O–H groups in total. The maximum absolute atomic E-state index is 15.0. The predicted molar refractivity (Wildman–Crippen MR) is 303 cm³/mol. The van der Waals surface area contributed by atoms with Gasteiger partial charge in [-0.1, -0.05) is 20.9 Å². The van der Waals surface area contributed by atoms with Gasteiger partial charge in [0.05, 0.1) is 44.0 Å². The first-order valence-corrected chi connectivity index (χ1v) is 33.0. The SMILES string of the molecule is CC1(C)CC(OCc2cn(Cc3cc(OCc4cn(CCC(F)(F)C(F)(F)C(F)(F)C(F)(F)C(F)(F)C(F)(F)C(F)(F)C(F)(F)F)nn4)c(OCc4cn(CCC(F)(F)C(F)(F)C(F)(F)C(F)(F)C(F)(F)C(F)(F)C(F)(F)C(F)(F)F)nn4)c(OCc4cn(CCC(F)(F)C(F)(F)C(F)(F)C(F)(F)C(F)(F)C(F)(F)C(F)(F)C(F)(F)F)nn4)c3)nn2)CC(C)(C)N1[O]. The summed E-state index contributed by atoms with van der Waals surface area (Å²) in [5.74, 6) is -183. The molecule has 0 atom stereocenters. The molecular weight excluding hydrogens is 1930 g/mol. The molecule has 6 rings (SSSR count). The van der Waals surface area contributed by atoms with Gasteiger partial charge in [-0.2, -0.15) is 224 Å². The average Bonchev–Trinajstić information content (AvgIpc) is 1.10. The van der Waals surface area contributed by atoms with Crippen molar-refractivity contribution in [2.75, 3.05) is 0 Å². The molecule has 1 aliphatic rings. The molecule has 4 aromatic heterocycles. The minimum atomic E-state index is -9.07. The van der Waals surface area contributed by atoms with Crippen molar-refractivity contribution in [3.63, 3.8) is 0 Å². The lowest BCUT2D eigenvalue weighted by molar-refractivity contribution is -0.461. The van der Waals surface area contributed by atoms with Crippen LogP contribution in [0.3, 0.4) is 0 Å². The number of benzene rings is 1. The molecule has 69 heteroatoms. The number of hydrogen-bond acceptors (Lipinski definition) is 13. The molecular formula is C58H45F51N13O5. The Balaban J connectivity index is 1.41. The summed E-state index contributed by atoms with van der Waals surface area (Å²) in [6, 6.07) is 1.31. The average molecular weight is 1970 g/mol. The van der Waals surface area contributed by atoms with Crippen LogP contribution in [-0.2, 0) is 62.6 Å². The van der Waals surface area contributed by atoms with Crippen molar-refractivity contribution in [3.8, 4) is 17.2 Å². The molecule has 0 amide bonds. The second-order valence-corrected chi connectivity index (χ2v) is 28.6. The Morgan fingerprint density at radius 1 is 0.299 bits per heavy atom. The molecule has 1 saturated heterocycles. The van der Waals surface area contributed by atoms with Gasteiger partial charge in [0.25, 0.3) is 0 Å². The Morgan fingerprint density at radius 2 is 0.512 bits per heavy atom. The number of aromatic nitrogens is 12. The lowest BCUT2D eigenvalue weighted by Crippen LogP contribution is -2.74. The molecule has 0 unspecified atom stereocenters. The van der Waals surface area contributed by atoms with E-state index in [2.05, 4.69) is 41.2 Å². The molecule has 1 aromatic carbocycles. The Labute approximate surface area is 667 Å². The van der Waals surface area contributed by atoms with E-state index in [1.807, 2.05) is 0 Å². The number of alkyl halides is 51. The van der Waals surface area contributed by atoms with Crippen molar-refractivity contribution >= 4 is 0 Å². The van der Waals surface area contributed by atoms with Crippen LogP contribution >= 0.6 is 0 Å². The Bertz CT molecular complexity index is 4430. The van der Waals surface area contributed by atoms with E-state index in [-0.39, 0.29) is 51.2 Å². The summed E-state index contributed by atoms with van der Waals surface area (Å²) >= 11 is 0. The van der Waals surface area contributed by atoms with Crippen molar-refractivity contribution in [2.24, 2.45) is 0 Å². The van der Waals surface area contributed by atoms with Gasteiger partial charge in [0, 0.05) is 50.0 Å². The van der Waals surface area contributed by atoms with Crippen LogP contribution in [-0.4, -0.2) is 225 Å². The van der Waals surface area contributed by atoms with E-state index >= 15 is 0 Å². The number of hydrogen-bond donors (Lipinski definition) is 0. The minimum absolute atomic E-state index is 0.0581. The molecule has 0 spiro atoms. The van der Waals surface area contributed by atoms with Gasteiger partial charge < -0.3 is 18.9 Å². The van der Waals surface area contributed by atoms with Gasteiger partial charge in [-0.05, 0) is 58.2 Å². The zero-order valence-electron chi connectivity index (χ0n) is 61.4. The summed E-state index contributed by atoms with van der Waals surface area (Å²) in [4.78, 5) is 0. The first-order valence-electron chi connectivity index (χ1n) is 33.0. The monoisotopic (exact) mass is 1970 g/mol. The normalized spacial score (nSPS) is 17.0. The third-order valence-electron chi connectivity index (χ3n) is 18.2. The van der Waals surface area contributed by atoms with Gasteiger partial charge in [0.1, 0.15) is 42.6 Å². The molecule has 127 heavy (non-hydrogen) atoms.